The van der Waals surface area contributed by atoms with Crippen molar-refractivity contribution in [2.45, 2.75) is 20.4 Å². The summed E-state index contributed by atoms with van der Waals surface area (Å²) in [5.74, 6) is 0.00390. The molecule has 2 aromatic carbocycles. The van der Waals surface area contributed by atoms with Gasteiger partial charge in [0.1, 0.15) is 0 Å². The van der Waals surface area contributed by atoms with Crippen LogP contribution in [0.2, 0.25) is 0 Å². The lowest BCUT2D eigenvalue weighted by Crippen LogP contribution is -2.23. The van der Waals surface area contributed by atoms with Crippen LogP contribution < -0.4 is 16.0 Å². The van der Waals surface area contributed by atoms with Crippen molar-refractivity contribution in [2.75, 3.05) is 10.6 Å². The Morgan fingerprint density at radius 1 is 1.00 bits per heavy atom. The van der Waals surface area contributed by atoms with Gasteiger partial charge in [-0.15, -0.1) is 0 Å². The number of nitrogens with zero attached hydrogens (tertiary/aromatic N) is 3. The van der Waals surface area contributed by atoms with Gasteiger partial charge in [0.15, 0.2) is 0 Å². The van der Waals surface area contributed by atoms with Crippen molar-refractivity contribution in [3.8, 4) is 11.3 Å². The van der Waals surface area contributed by atoms with Crippen LogP contribution in [0.25, 0.3) is 11.3 Å². The van der Waals surface area contributed by atoms with Crippen LogP contribution in [0.4, 0.5) is 17.3 Å². The van der Waals surface area contributed by atoms with Gasteiger partial charge in [0.05, 0.1) is 5.69 Å². The molecule has 8 heteroatoms. The number of aryl methyl sites for hydroxylation is 1. The zero-order valence-corrected chi connectivity index (χ0v) is 20.1. The van der Waals surface area contributed by atoms with Gasteiger partial charge in [-0.05, 0) is 67.4 Å². The van der Waals surface area contributed by atoms with Crippen LogP contribution in [0.3, 0.4) is 0 Å². The molecule has 2 amide bonds. The van der Waals surface area contributed by atoms with Gasteiger partial charge in [0.25, 0.3) is 5.91 Å². The summed E-state index contributed by atoms with van der Waals surface area (Å²) in [6.45, 7) is 7.60. The minimum atomic E-state index is -0.239. The highest BCUT2D eigenvalue weighted by Gasteiger charge is 2.10. The highest BCUT2D eigenvalue weighted by molar-refractivity contribution is 6.04. The monoisotopic (exact) mass is 478 g/mol. The lowest BCUT2D eigenvalue weighted by molar-refractivity contribution is -0.117. The van der Waals surface area contributed by atoms with Crippen molar-refractivity contribution in [2.24, 2.45) is 0 Å². The summed E-state index contributed by atoms with van der Waals surface area (Å²) in [6, 6.07) is 18.3. The number of hydrogen-bond donors (Lipinski definition) is 3. The summed E-state index contributed by atoms with van der Waals surface area (Å²) in [5.41, 5.74) is 5.88. The molecule has 8 nitrogen and oxygen atoms in total. The zero-order valence-electron chi connectivity index (χ0n) is 20.1. The molecule has 0 radical (unpaired) electrons. The summed E-state index contributed by atoms with van der Waals surface area (Å²) in [5, 5.41) is 8.94. The van der Waals surface area contributed by atoms with Crippen molar-refractivity contribution < 1.29 is 9.59 Å². The lowest BCUT2D eigenvalue weighted by atomic mass is 10.1. The molecule has 2 heterocycles. The minimum Gasteiger partial charge on any atom is -0.348 e. The molecule has 0 saturated heterocycles. The molecule has 0 unspecified atom stereocenters. The Bertz CT molecular complexity index is 1400. The first kappa shape index (κ1) is 24.3. The maximum atomic E-state index is 12.8. The van der Waals surface area contributed by atoms with E-state index >= 15 is 0 Å². The molecule has 3 N–H and O–H groups in total. The molecule has 0 fully saturated rings. The number of pyridine rings is 1. The summed E-state index contributed by atoms with van der Waals surface area (Å²) in [4.78, 5) is 37.5. The SMILES string of the molecule is C=C(C)C(=O)NCc1ccc(C(=O)Nc2ccc(C)c(Nc3nccc(-c4cccnc4)n3)c2)cc1. The average Bonchev–Trinajstić information content (AvgIpc) is 2.90. The van der Waals surface area contributed by atoms with Gasteiger partial charge in [0, 0.05) is 53.2 Å². The summed E-state index contributed by atoms with van der Waals surface area (Å²) < 4.78 is 0. The van der Waals surface area contributed by atoms with Crippen molar-refractivity contribution in [3.05, 3.63) is 108 Å². The Balaban J connectivity index is 1.43. The molecule has 0 saturated carbocycles. The molecule has 0 bridgehead atoms. The fourth-order valence-electron chi connectivity index (χ4n) is 3.36. The second-order valence-electron chi connectivity index (χ2n) is 8.28. The van der Waals surface area contributed by atoms with Crippen LogP contribution in [0, 0.1) is 6.92 Å². The van der Waals surface area contributed by atoms with E-state index in [0.29, 0.717) is 29.3 Å². The van der Waals surface area contributed by atoms with E-state index in [4.69, 9.17) is 0 Å². The van der Waals surface area contributed by atoms with E-state index in [-0.39, 0.29) is 11.8 Å². The van der Waals surface area contributed by atoms with Gasteiger partial charge in [-0.2, -0.15) is 0 Å². The number of anilines is 3. The van der Waals surface area contributed by atoms with E-state index in [1.54, 1.807) is 37.6 Å². The van der Waals surface area contributed by atoms with E-state index in [1.807, 2.05) is 55.5 Å². The Morgan fingerprint density at radius 3 is 2.53 bits per heavy atom. The highest BCUT2D eigenvalue weighted by atomic mass is 16.2. The van der Waals surface area contributed by atoms with E-state index in [2.05, 4.69) is 37.5 Å². The third-order valence-corrected chi connectivity index (χ3v) is 5.41. The third-order valence-electron chi connectivity index (χ3n) is 5.41. The quantitative estimate of drug-likeness (QED) is 0.306. The number of rotatable bonds is 8. The first-order valence-corrected chi connectivity index (χ1v) is 11.3. The van der Waals surface area contributed by atoms with Gasteiger partial charge >= 0.3 is 0 Å². The van der Waals surface area contributed by atoms with Crippen LogP contribution in [0.1, 0.15) is 28.4 Å². The smallest absolute Gasteiger partial charge is 0.255 e. The van der Waals surface area contributed by atoms with Crippen molar-refractivity contribution >= 4 is 29.1 Å². The van der Waals surface area contributed by atoms with Crippen LogP contribution in [-0.2, 0) is 11.3 Å². The van der Waals surface area contributed by atoms with Gasteiger partial charge in [-0.25, -0.2) is 9.97 Å². The van der Waals surface area contributed by atoms with Crippen LogP contribution in [0.5, 0.6) is 0 Å². The molecular formula is C28H26N6O2. The van der Waals surface area contributed by atoms with Crippen molar-refractivity contribution in [3.63, 3.8) is 0 Å². The van der Waals surface area contributed by atoms with E-state index < -0.39 is 0 Å². The Hall–Kier alpha value is -4.85. The molecule has 0 aliphatic rings. The zero-order chi connectivity index (χ0) is 25.5. The standard InChI is InChI=1S/C28H26N6O2/c1-18(2)26(35)31-16-20-7-9-21(10-8-20)27(36)32-23-11-6-19(3)25(15-23)34-28-30-14-12-24(33-28)22-5-4-13-29-17-22/h4-15,17H,1,16H2,2-3H3,(H,31,35)(H,32,36)(H,30,33,34). The third kappa shape index (κ3) is 6.18. The number of amides is 2. The molecule has 4 aromatic rings. The highest BCUT2D eigenvalue weighted by Crippen LogP contribution is 2.24. The lowest BCUT2D eigenvalue weighted by Gasteiger charge is -2.12. The Kier molecular flexibility index (Phi) is 7.45. The first-order valence-electron chi connectivity index (χ1n) is 11.3. The van der Waals surface area contributed by atoms with E-state index in [0.717, 1.165) is 28.1 Å². The number of hydrogen-bond acceptors (Lipinski definition) is 6. The Morgan fingerprint density at radius 2 is 1.81 bits per heavy atom. The topological polar surface area (TPSA) is 109 Å². The molecule has 180 valence electrons. The summed E-state index contributed by atoms with van der Waals surface area (Å²) >= 11 is 0. The fraction of sp³-hybridized carbons (Fsp3) is 0.107. The molecule has 0 spiro atoms. The van der Waals surface area contributed by atoms with Gasteiger partial charge in [-0.1, -0.05) is 24.8 Å². The molecule has 0 atom stereocenters. The first-order chi connectivity index (χ1) is 17.4. The van der Waals surface area contributed by atoms with Gasteiger partial charge in [-0.3, -0.25) is 14.6 Å². The number of carbonyl (C=O) groups is 2. The van der Waals surface area contributed by atoms with Crippen molar-refractivity contribution in [1.29, 1.82) is 0 Å². The summed E-state index contributed by atoms with van der Waals surface area (Å²) in [6.07, 6.45) is 5.15. The molecule has 0 aliphatic heterocycles. The van der Waals surface area contributed by atoms with Crippen LogP contribution >= 0.6 is 0 Å². The molecular weight excluding hydrogens is 452 g/mol. The maximum absolute atomic E-state index is 12.8. The Labute approximate surface area is 209 Å². The fourth-order valence-corrected chi connectivity index (χ4v) is 3.36. The maximum Gasteiger partial charge on any atom is 0.255 e. The van der Waals surface area contributed by atoms with Crippen LogP contribution in [-0.4, -0.2) is 26.8 Å². The molecule has 4 rings (SSSR count). The van der Waals surface area contributed by atoms with E-state index in [9.17, 15) is 9.59 Å². The second-order valence-corrected chi connectivity index (χ2v) is 8.28. The molecule has 36 heavy (non-hydrogen) atoms. The largest absolute Gasteiger partial charge is 0.348 e. The predicted molar refractivity (Wildman–Crippen MR) is 141 cm³/mol. The average molecular weight is 479 g/mol. The van der Waals surface area contributed by atoms with E-state index in [1.165, 1.54) is 0 Å². The number of nitrogens with one attached hydrogen (secondary N) is 3. The van der Waals surface area contributed by atoms with Crippen molar-refractivity contribution in [1.82, 2.24) is 20.3 Å². The van der Waals surface area contributed by atoms with Gasteiger partial charge in [0.2, 0.25) is 11.9 Å². The minimum absolute atomic E-state index is 0.199. The normalized spacial score (nSPS) is 10.4. The summed E-state index contributed by atoms with van der Waals surface area (Å²) in [7, 11) is 0. The number of carbonyl (C=O) groups excluding carboxylic acids is 2. The second kappa shape index (κ2) is 11.1. The van der Waals surface area contributed by atoms with Gasteiger partial charge < -0.3 is 16.0 Å². The number of benzene rings is 2. The molecule has 2 aromatic heterocycles. The van der Waals surface area contributed by atoms with Crippen LogP contribution in [0.15, 0.2) is 91.4 Å². The molecule has 0 aliphatic carbocycles. The predicted octanol–water partition coefficient (Wildman–Crippen LogP) is 5.04. The number of aromatic nitrogens is 3.